The number of rotatable bonds is 8. The van der Waals surface area contributed by atoms with E-state index in [9.17, 15) is 19.5 Å². The van der Waals surface area contributed by atoms with Crippen molar-refractivity contribution < 1.29 is 28.7 Å². The molecule has 4 N–H and O–H groups in total. The fourth-order valence-corrected chi connectivity index (χ4v) is 5.54. The van der Waals surface area contributed by atoms with Crippen LogP contribution in [0.4, 0.5) is 10.5 Å². The predicted octanol–water partition coefficient (Wildman–Crippen LogP) is 2.88. The van der Waals surface area contributed by atoms with E-state index in [1.807, 2.05) is 0 Å². The van der Waals surface area contributed by atoms with Gasteiger partial charge in [0.05, 0.1) is 44.4 Å². The van der Waals surface area contributed by atoms with Crippen molar-refractivity contribution in [1.29, 1.82) is 0 Å². The number of nitrogens with two attached hydrogens (primary N) is 1. The first kappa shape index (κ1) is 25.5. The van der Waals surface area contributed by atoms with Crippen molar-refractivity contribution in [1.82, 2.24) is 4.90 Å². The summed E-state index contributed by atoms with van der Waals surface area (Å²) in [4.78, 5) is 40.0. The summed E-state index contributed by atoms with van der Waals surface area (Å²) in [5.41, 5.74) is 7.58. The number of amides is 3. The summed E-state index contributed by atoms with van der Waals surface area (Å²) in [6.45, 7) is 6.00. The highest BCUT2D eigenvalue weighted by molar-refractivity contribution is 5.95. The third-order valence-electron chi connectivity index (χ3n) is 7.35. The van der Waals surface area contributed by atoms with E-state index in [0.29, 0.717) is 11.3 Å². The normalized spacial score (nSPS) is 19.1. The molecule has 0 bridgehead atoms. The zero-order valence-electron chi connectivity index (χ0n) is 20.7. The Morgan fingerprint density at radius 1 is 1.08 bits per heavy atom. The van der Waals surface area contributed by atoms with Gasteiger partial charge < -0.3 is 30.3 Å². The molecule has 2 heterocycles. The number of ether oxygens (including phenoxy) is 1. The maximum Gasteiger partial charge on any atom is 0.338 e. The number of carbonyl (C=O) groups is 3. The maximum atomic E-state index is 13.7. The molecule has 36 heavy (non-hydrogen) atoms. The number of anilines is 1. The van der Waals surface area contributed by atoms with Gasteiger partial charge in [-0.3, -0.25) is 4.79 Å². The molecule has 1 spiro atoms. The first-order valence-corrected chi connectivity index (χ1v) is 12.6. The van der Waals surface area contributed by atoms with Crippen LogP contribution in [-0.2, 0) is 16.0 Å². The second kappa shape index (κ2) is 11.0. The van der Waals surface area contributed by atoms with Gasteiger partial charge in [0.1, 0.15) is 11.8 Å². The SMILES string of the molecule is CCOC(=O)c1ccc(NC(=O)N([C@@H]2CC[N+]3(CCCC3)C2)[C@@H](Cc2ccc(O)cc2)C(N)=O)cc1. The summed E-state index contributed by atoms with van der Waals surface area (Å²) in [5, 5.41) is 12.5. The van der Waals surface area contributed by atoms with Crippen LogP contribution in [0.25, 0.3) is 0 Å². The number of quaternary nitrogens is 1. The minimum atomic E-state index is -0.848. The molecule has 0 aliphatic carbocycles. The molecule has 0 radical (unpaired) electrons. The summed E-state index contributed by atoms with van der Waals surface area (Å²) < 4.78 is 6.00. The number of nitrogens with zero attached hydrogens (tertiary/aromatic N) is 2. The van der Waals surface area contributed by atoms with Crippen molar-refractivity contribution in [3.05, 3.63) is 59.7 Å². The van der Waals surface area contributed by atoms with Crippen LogP contribution in [0.5, 0.6) is 5.75 Å². The number of esters is 1. The first-order valence-electron chi connectivity index (χ1n) is 12.6. The van der Waals surface area contributed by atoms with Gasteiger partial charge >= 0.3 is 12.0 Å². The molecule has 2 aromatic rings. The number of urea groups is 1. The molecule has 2 atom stereocenters. The number of phenols is 1. The number of primary amides is 1. The van der Waals surface area contributed by atoms with Crippen molar-refractivity contribution in [3.63, 3.8) is 0 Å². The van der Waals surface area contributed by atoms with E-state index < -0.39 is 23.9 Å². The van der Waals surface area contributed by atoms with Crippen molar-refractivity contribution in [2.75, 3.05) is 38.1 Å². The van der Waals surface area contributed by atoms with Crippen molar-refractivity contribution in [2.24, 2.45) is 5.73 Å². The molecular formula is C27H35N4O5+. The fraction of sp³-hybridized carbons (Fsp3) is 0.444. The van der Waals surface area contributed by atoms with Gasteiger partial charge in [0.25, 0.3) is 0 Å². The van der Waals surface area contributed by atoms with E-state index in [0.717, 1.165) is 42.6 Å². The Bertz CT molecular complexity index is 1080. The minimum absolute atomic E-state index is 0.128. The second-order valence-electron chi connectivity index (χ2n) is 9.77. The maximum absolute atomic E-state index is 13.7. The molecule has 192 valence electrons. The van der Waals surface area contributed by atoms with Crippen LogP contribution in [0.3, 0.4) is 0 Å². The van der Waals surface area contributed by atoms with Crippen LogP contribution in [0.15, 0.2) is 48.5 Å². The lowest BCUT2D eigenvalue weighted by molar-refractivity contribution is -0.905. The largest absolute Gasteiger partial charge is 0.508 e. The number of benzene rings is 2. The highest BCUT2D eigenvalue weighted by Crippen LogP contribution is 2.31. The standard InChI is InChI=1S/C27H34N4O5/c1-2-36-26(34)20-7-9-21(10-8-20)29-27(35)30(22-13-16-31(18-22)14-3-4-15-31)24(25(28)33)17-19-5-11-23(32)12-6-19/h5-12,22,24H,2-4,13-18H2,1H3,(H3-,28,29,32,33,34,35)/p+1/t22-,24+/m1/s1. The second-order valence-corrected chi connectivity index (χ2v) is 9.77. The predicted molar refractivity (Wildman–Crippen MR) is 135 cm³/mol. The number of phenolic OH excluding ortho intramolecular Hbond substituents is 1. The van der Waals surface area contributed by atoms with Crippen LogP contribution in [-0.4, -0.2) is 77.3 Å². The Labute approximate surface area is 211 Å². The molecule has 0 saturated carbocycles. The molecule has 0 aromatic heterocycles. The highest BCUT2D eigenvalue weighted by atomic mass is 16.5. The van der Waals surface area contributed by atoms with Gasteiger partial charge in [-0.25, -0.2) is 9.59 Å². The Balaban J connectivity index is 1.58. The molecular weight excluding hydrogens is 460 g/mol. The lowest BCUT2D eigenvalue weighted by Gasteiger charge is -2.36. The van der Waals surface area contributed by atoms with Gasteiger partial charge in [-0.1, -0.05) is 12.1 Å². The van der Waals surface area contributed by atoms with E-state index in [1.165, 1.54) is 12.8 Å². The lowest BCUT2D eigenvalue weighted by atomic mass is 10.0. The quantitative estimate of drug-likeness (QED) is 0.384. The number of aromatic hydroxyl groups is 1. The average molecular weight is 496 g/mol. The van der Waals surface area contributed by atoms with Crippen LogP contribution in [0, 0.1) is 0 Å². The average Bonchev–Trinajstić information content (AvgIpc) is 3.50. The number of nitrogens with one attached hydrogen (secondary N) is 1. The van der Waals surface area contributed by atoms with Crippen molar-refractivity contribution in [2.45, 2.75) is 44.7 Å². The van der Waals surface area contributed by atoms with Crippen LogP contribution < -0.4 is 11.1 Å². The Morgan fingerprint density at radius 3 is 2.36 bits per heavy atom. The molecule has 2 saturated heterocycles. The molecule has 2 aliphatic rings. The summed E-state index contributed by atoms with van der Waals surface area (Å²) in [6, 6.07) is 11.7. The smallest absolute Gasteiger partial charge is 0.338 e. The van der Waals surface area contributed by atoms with E-state index in [1.54, 1.807) is 60.4 Å². The molecule has 9 heteroatoms. The highest BCUT2D eigenvalue weighted by Gasteiger charge is 2.46. The number of hydrogen-bond acceptors (Lipinski definition) is 5. The van der Waals surface area contributed by atoms with Gasteiger partial charge in [0.15, 0.2) is 0 Å². The molecule has 2 aliphatic heterocycles. The third kappa shape index (κ3) is 5.79. The summed E-state index contributed by atoms with van der Waals surface area (Å²) in [7, 11) is 0. The number of hydrogen-bond donors (Lipinski definition) is 3. The summed E-state index contributed by atoms with van der Waals surface area (Å²) in [6.07, 6.45) is 3.41. The fourth-order valence-electron chi connectivity index (χ4n) is 5.54. The minimum Gasteiger partial charge on any atom is -0.508 e. The molecule has 0 unspecified atom stereocenters. The van der Waals surface area contributed by atoms with E-state index in [2.05, 4.69) is 5.32 Å². The molecule has 2 fully saturated rings. The Hall–Kier alpha value is -3.59. The van der Waals surface area contributed by atoms with Crippen LogP contribution >= 0.6 is 0 Å². The molecule has 9 nitrogen and oxygen atoms in total. The molecule has 2 aromatic carbocycles. The van der Waals surface area contributed by atoms with Crippen molar-refractivity contribution >= 4 is 23.6 Å². The van der Waals surface area contributed by atoms with Crippen LogP contribution in [0.2, 0.25) is 0 Å². The zero-order valence-corrected chi connectivity index (χ0v) is 20.7. The van der Waals surface area contributed by atoms with Gasteiger partial charge in [-0.2, -0.15) is 0 Å². The lowest BCUT2D eigenvalue weighted by Crippen LogP contribution is -2.57. The Morgan fingerprint density at radius 2 is 1.75 bits per heavy atom. The van der Waals surface area contributed by atoms with Crippen LogP contribution in [0.1, 0.15) is 42.1 Å². The summed E-state index contributed by atoms with van der Waals surface area (Å²) in [5.74, 6) is -0.868. The molecule has 4 rings (SSSR count). The van der Waals surface area contributed by atoms with Crippen molar-refractivity contribution in [3.8, 4) is 5.75 Å². The van der Waals surface area contributed by atoms with Gasteiger partial charge in [0.2, 0.25) is 5.91 Å². The Kier molecular flexibility index (Phi) is 7.79. The first-order chi connectivity index (χ1) is 17.3. The van der Waals surface area contributed by atoms with Gasteiger partial charge in [-0.15, -0.1) is 0 Å². The zero-order chi connectivity index (χ0) is 25.7. The van der Waals surface area contributed by atoms with Gasteiger partial charge in [0, 0.05) is 31.4 Å². The topological polar surface area (TPSA) is 122 Å². The number of carbonyl (C=O) groups excluding carboxylic acids is 3. The van der Waals surface area contributed by atoms with E-state index >= 15 is 0 Å². The van der Waals surface area contributed by atoms with E-state index in [4.69, 9.17) is 10.5 Å². The van der Waals surface area contributed by atoms with E-state index in [-0.39, 0.29) is 24.8 Å². The monoisotopic (exact) mass is 495 g/mol. The third-order valence-corrected chi connectivity index (χ3v) is 7.35. The summed E-state index contributed by atoms with van der Waals surface area (Å²) >= 11 is 0. The molecule has 3 amide bonds. The van der Waals surface area contributed by atoms with Gasteiger partial charge in [-0.05, 0) is 48.9 Å².